The highest BCUT2D eigenvalue weighted by Gasteiger charge is 2.35. The molecule has 1 aliphatic carbocycles. The van der Waals surface area contributed by atoms with Crippen LogP contribution in [0.2, 0.25) is 0 Å². The molecule has 2 aromatic heterocycles. The van der Waals surface area contributed by atoms with Crippen molar-refractivity contribution in [3.05, 3.63) is 151 Å². The first-order valence-corrected chi connectivity index (χ1v) is 17.2. The van der Waals surface area contributed by atoms with E-state index in [4.69, 9.17) is 15.0 Å². The summed E-state index contributed by atoms with van der Waals surface area (Å²) in [6.45, 7) is 4.62. The zero-order chi connectivity index (χ0) is 32.0. The fraction of sp³-hybridized carbons (Fsp3) is 0.0682. The van der Waals surface area contributed by atoms with Crippen molar-refractivity contribution < 1.29 is 0 Å². The van der Waals surface area contributed by atoms with Crippen molar-refractivity contribution in [1.29, 1.82) is 0 Å². The minimum absolute atomic E-state index is 0.119. The van der Waals surface area contributed by atoms with Gasteiger partial charge in [0, 0.05) is 47.7 Å². The van der Waals surface area contributed by atoms with Crippen molar-refractivity contribution >= 4 is 53.1 Å². The van der Waals surface area contributed by atoms with Gasteiger partial charge in [0.25, 0.3) is 0 Å². The predicted molar refractivity (Wildman–Crippen MR) is 202 cm³/mol. The van der Waals surface area contributed by atoms with E-state index in [0.29, 0.717) is 17.5 Å². The van der Waals surface area contributed by atoms with E-state index >= 15 is 0 Å². The zero-order valence-corrected chi connectivity index (χ0v) is 27.3. The number of aromatic nitrogens is 3. The van der Waals surface area contributed by atoms with Gasteiger partial charge in [-0.2, -0.15) is 0 Å². The SMILES string of the molecule is CC1(C)c2ccccc2-c2ccc(-c3nc(-c4ccccc4)nc(-c4cc5ccc6c7ccccc7sc6c5c5ccccc45)n3)cc21. The van der Waals surface area contributed by atoms with Gasteiger partial charge in [-0.05, 0) is 56.6 Å². The molecule has 1 aliphatic rings. The second-order valence-electron chi connectivity index (χ2n) is 13.2. The summed E-state index contributed by atoms with van der Waals surface area (Å²) < 4.78 is 2.63. The normalized spacial score (nSPS) is 13.4. The largest absolute Gasteiger partial charge is 0.208 e. The number of hydrogen-bond acceptors (Lipinski definition) is 4. The average Bonchev–Trinajstić information content (AvgIpc) is 3.63. The van der Waals surface area contributed by atoms with Gasteiger partial charge in [-0.15, -0.1) is 11.3 Å². The van der Waals surface area contributed by atoms with Crippen LogP contribution in [0, 0.1) is 0 Å². The molecule has 0 unspecified atom stereocenters. The lowest BCUT2D eigenvalue weighted by Gasteiger charge is -2.21. The lowest BCUT2D eigenvalue weighted by atomic mass is 9.82. The first kappa shape index (κ1) is 27.4. The first-order chi connectivity index (χ1) is 23.5. The Labute approximate surface area is 282 Å². The molecule has 226 valence electrons. The van der Waals surface area contributed by atoms with Crippen LogP contribution in [0.5, 0.6) is 0 Å². The second-order valence-corrected chi connectivity index (χ2v) is 14.3. The number of benzene rings is 7. The Hall–Kier alpha value is -5.71. The molecule has 10 rings (SSSR count). The van der Waals surface area contributed by atoms with Crippen LogP contribution in [0.15, 0.2) is 140 Å². The van der Waals surface area contributed by atoms with Crippen molar-refractivity contribution in [2.45, 2.75) is 19.3 Å². The number of nitrogens with zero attached hydrogens (tertiary/aromatic N) is 3. The summed E-state index contributed by atoms with van der Waals surface area (Å²) in [6, 6.07) is 49.9. The maximum absolute atomic E-state index is 5.26. The smallest absolute Gasteiger partial charge is 0.164 e. The molecule has 0 aliphatic heterocycles. The third kappa shape index (κ3) is 3.96. The third-order valence-electron chi connectivity index (χ3n) is 10.1. The highest BCUT2D eigenvalue weighted by molar-refractivity contribution is 7.26. The van der Waals surface area contributed by atoms with Crippen LogP contribution in [0.25, 0.3) is 87.0 Å². The second kappa shape index (κ2) is 10.1. The van der Waals surface area contributed by atoms with E-state index in [1.807, 2.05) is 29.5 Å². The van der Waals surface area contributed by atoms with E-state index < -0.39 is 0 Å². The van der Waals surface area contributed by atoms with Gasteiger partial charge in [-0.1, -0.05) is 135 Å². The van der Waals surface area contributed by atoms with Crippen LogP contribution in [0.1, 0.15) is 25.0 Å². The molecule has 9 aromatic rings. The van der Waals surface area contributed by atoms with E-state index in [1.54, 1.807) is 0 Å². The summed E-state index contributed by atoms with van der Waals surface area (Å²) in [5, 5.41) is 7.42. The van der Waals surface area contributed by atoms with Gasteiger partial charge in [0.05, 0.1) is 0 Å². The number of hydrogen-bond donors (Lipinski definition) is 0. The average molecular weight is 632 g/mol. The van der Waals surface area contributed by atoms with Crippen LogP contribution >= 0.6 is 11.3 Å². The van der Waals surface area contributed by atoms with E-state index in [1.165, 1.54) is 58.6 Å². The van der Waals surface area contributed by atoms with Crippen LogP contribution in [-0.2, 0) is 5.41 Å². The van der Waals surface area contributed by atoms with E-state index in [2.05, 4.69) is 135 Å². The highest BCUT2D eigenvalue weighted by atomic mass is 32.1. The Kier molecular flexibility index (Phi) is 5.79. The minimum atomic E-state index is -0.119. The Morgan fingerprint density at radius 1 is 0.458 bits per heavy atom. The molecule has 48 heavy (non-hydrogen) atoms. The summed E-state index contributed by atoms with van der Waals surface area (Å²) in [6.07, 6.45) is 0. The molecule has 0 atom stereocenters. The van der Waals surface area contributed by atoms with Gasteiger partial charge in [-0.25, -0.2) is 15.0 Å². The first-order valence-electron chi connectivity index (χ1n) is 16.4. The van der Waals surface area contributed by atoms with Crippen molar-refractivity contribution in [2.75, 3.05) is 0 Å². The zero-order valence-electron chi connectivity index (χ0n) is 26.5. The Morgan fingerprint density at radius 3 is 1.98 bits per heavy atom. The molecule has 0 saturated heterocycles. The molecular formula is C44H29N3S. The summed E-state index contributed by atoms with van der Waals surface area (Å²) >= 11 is 1.87. The Morgan fingerprint density at radius 2 is 1.12 bits per heavy atom. The summed E-state index contributed by atoms with van der Waals surface area (Å²) in [7, 11) is 0. The van der Waals surface area contributed by atoms with Gasteiger partial charge in [0.2, 0.25) is 0 Å². The molecule has 0 fully saturated rings. The summed E-state index contributed by atoms with van der Waals surface area (Å²) in [5.41, 5.74) is 8.09. The van der Waals surface area contributed by atoms with Crippen LogP contribution in [0.4, 0.5) is 0 Å². The van der Waals surface area contributed by atoms with Crippen LogP contribution in [0.3, 0.4) is 0 Å². The molecule has 0 N–H and O–H groups in total. The summed E-state index contributed by atoms with van der Waals surface area (Å²) in [4.78, 5) is 15.5. The monoisotopic (exact) mass is 631 g/mol. The van der Waals surface area contributed by atoms with E-state index in [0.717, 1.165) is 22.1 Å². The van der Waals surface area contributed by atoms with Gasteiger partial charge >= 0.3 is 0 Å². The minimum Gasteiger partial charge on any atom is -0.208 e. The lowest BCUT2D eigenvalue weighted by Crippen LogP contribution is -2.15. The standard InChI is InChI=1S/C44H29N3S/c1-44(2)36-18-10-8-15-30(36)31-22-21-28(25-37(31)44)42-45-41(26-12-4-3-5-13-26)46-43(47-42)35-24-27-20-23-34-32-16-9-11-19-38(32)48-40(34)39(27)33-17-7-6-14-29(33)35/h3-25H,1-2H3. The predicted octanol–water partition coefficient (Wildman–Crippen LogP) is 11.9. The Bertz CT molecular complexity index is 2760. The van der Waals surface area contributed by atoms with Gasteiger partial charge < -0.3 is 0 Å². The maximum Gasteiger partial charge on any atom is 0.164 e. The molecule has 0 radical (unpaired) electrons. The van der Waals surface area contributed by atoms with Crippen molar-refractivity contribution in [1.82, 2.24) is 15.0 Å². The number of thiophene rings is 1. The Balaban J connectivity index is 1.23. The molecule has 7 aromatic carbocycles. The van der Waals surface area contributed by atoms with Gasteiger partial charge in [0.15, 0.2) is 17.5 Å². The van der Waals surface area contributed by atoms with Gasteiger partial charge in [0.1, 0.15) is 0 Å². The topological polar surface area (TPSA) is 38.7 Å². The highest BCUT2D eigenvalue weighted by Crippen LogP contribution is 2.49. The van der Waals surface area contributed by atoms with Crippen LogP contribution < -0.4 is 0 Å². The quantitative estimate of drug-likeness (QED) is 0.182. The number of rotatable bonds is 3. The molecular weight excluding hydrogens is 603 g/mol. The van der Waals surface area contributed by atoms with Crippen molar-refractivity contribution in [3.8, 4) is 45.3 Å². The number of fused-ring (bicyclic) bond motifs is 10. The van der Waals surface area contributed by atoms with E-state index in [-0.39, 0.29) is 5.41 Å². The van der Waals surface area contributed by atoms with Crippen LogP contribution in [-0.4, -0.2) is 15.0 Å². The van der Waals surface area contributed by atoms with Crippen molar-refractivity contribution in [3.63, 3.8) is 0 Å². The molecule has 4 heteroatoms. The van der Waals surface area contributed by atoms with E-state index in [9.17, 15) is 0 Å². The lowest BCUT2D eigenvalue weighted by molar-refractivity contribution is 0.660. The molecule has 2 heterocycles. The van der Waals surface area contributed by atoms with Crippen molar-refractivity contribution in [2.24, 2.45) is 0 Å². The molecule has 0 bridgehead atoms. The van der Waals surface area contributed by atoms with Gasteiger partial charge in [-0.3, -0.25) is 0 Å². The third-order valence-corrected chi connectivity index (χ3v) is 11.3. The molecule has 0 amide bonds. The molecule has 3 nitrogen and oxygen atoms in total. The maximum atomic E-state index is 5.26. The fourth-order valence-corrected chi connectivity index (χ4v) is 9.01. The fourth-order valence-electron chi connectivity index (χ4n) is 7.74. The molecule has 0 saturated carbocycles. The summed E-state index contributed by atoms with van der Waals surface area (Å²) in [5.74, 6) is 2.02. The molecule has 0 spiro atoms.